The van der Waals surface area contributed by atoms with E-state index >= 15 is 0 Å². The Labute approximate surface area is 199 Å². The lowest BCUT2D eigenvalue weighted by Crippen LogP contribution is -2.42. The fourth-order valence-electron chi connectivity index (χ4n) is 4.20. The summed E-state index contributed by atoms with van der Waals surface area (Å²) in [6.45, 7) is 8.60. The van der Waals surface area contributed by atoms with Crippen molar-refractivity contribution in [1.82, 2.24) is 14.8 Å². The summed E-state index contributed by atoms with van der Waals surface area (Å²) in [7, 11) is 0. The molecule has 0 saturated carbocycles. The third-order valence-corrected chi connectivity index (χ3v) is 6.03. The minimum Gasteiger partial charge on any atom is -0.507 e. The normalized spacial score (nSPS) is 20.8. The van der Waals surface area contributed by atoms with Crippen LogP contribution in [0.15, 0.2) is 54.4 Å². The molecule has 1 aromatic heterocycles. The molecule has 2 aromatic rings. The molecule has 2 aliphatic rings. The first-order chi connectivity index (χ1) is 16.5. The predicted molar refractivity (Wildman–Crippen MR) is 127 cm³/mol. The van der Waals surface area contributed by atoms with Gasteiger partial charge in [-0.05, 0) is 47.9 Å². The van der Waals surface area contributed by atoms with Crippen LogP contribution in [-0.4, -0.2) is 77.6 Å². The molecule has 0 spiro atoms. The maximum Gasteiger partial charge on any atom is 0.295 e. The fourth-order valence-corrected chi connectivity index (χ4v) is 4.20. The average Bonchev–Trinajstić information content (AvgIpc) is 3.12. The van der Waals surface area contributed by atoms with E-state index < -0.39 is 17.7 Å². The summed E-state index contributed by atoms with van der Waals surface area (Å²) in [6, 6.07) is 9.79. The van der Waals surface area contributed by atoms with E-state index in [0.717, 1.165) is 18.7 Å². The lowest BCUT2D eigenvalue weighted by Gasteiger charge is -2.31. The number of morpholine rings is 1. The first kappa shape index (κ1) is 23.9. The van der Waals surface area contributed by atoms with Gasteiger partial charge < -0.3 is 19.5 Å². The molecular formula is C26H31N3O5. The molecule has 8 nitrogen and oxygen atoms in total. The largest absolute Gasteiger partial charge is 0.507 e. The highest BCUT2D eigenvalue weighted by Crippen LogP contribution is 2.39. The van der Waals surface area contributed by atoms with Crippen LogP contribution < -0.4 is 4.74 Å². The molecule has 34 heavy (non-hydrogen) atoms. The summed E-state index contributed by atoms with van der Waals surface area (Å²) < 4.78 is 11.1. The number of hydrogen-bond acceptors (Lipinski definition) is 7. The van der Waals surface area contributed by atoms with Gasteiger partial charge in [-0.25, -0.2) is 0 Å². The average molecular weight is 466 g/mol. The van der Waals surface area contributed by atoms with E-state index in [2.05, 4.69) is 23.7 Å². The number of carbonyl (C=O) groups excluding carboxylic acids is 2. The Kier molecular flexibility index (Phi) is 7.59. The molecule has 1 N–H and O–H groups in total. The number of aromatic nitrogens is 1. The van der Waals surface area contributed by atoms with E-state index in [0.29, 0.717) is 50.1 Å². The number of hydrogen-bond donors (Lipinski definition) is 1. The van der Waals surface area contributed by atoms with Crippen molar-refractivity contribution in [2.45, 2.75) is 19.9 Å². The first-order valence-electron chi connectivity index (χ1n) is 11.7. The van der Waals surface area contributed by atoms with Crippen LogP contribution >= 0.6 is 0 Å². The summed E-state index contributed by atoms with van der Waals surface area (Å²) in [6.07, 6.45) is 3.25. The fraction of sp³-hybridized carbons (Fsp3) is 0.423. The maximum absolute atomic E-state index is 13.1. The van der Waals surface area contributed by atoms with Gasteiger partial charge in [-0.2, -0.15) is 0 Å². The Morgan fingerprint density at radius 1 is 1.09 bits per heavy atom. The van der Waals surface area contributed by atoms with Gasteiger partial charge in [0.25, 0.3) is 11.7 Å². The Bertz CT molecular complexity index is 1030. The van der Waals surface area contributed by atoms with Crippen molar-refractivity contribution in [2.24, 2.45) is 5.92 Å². The number of aliphatic hydroxyl groups is 1. The number of nitrogens with zero attached hydrogens (tertiary/aromatic N) is 3. The van der Waals surface area contributed by atoms with Crippen LogP contribution in [0.5, 0.6) is 5.75 Å². The van der Waals surface area contributed by atoms with Gasteiger partial charge in [0.05, 0.1) is 31.4 Å². The zero-order chi connectivity index (χ0) is 24.1. The van der Waals surface area contributed by atoms with Crippen molar-refractivity contribution < 1.29 is 24.2 Å². The minimum absolute atomic E-state index is 0.0917. The molecule has 8 heteroatoms. The number of benzene rings is 1. The summed E-state index contributed by atoms with van der Waals surface area (Å²) in [5.41, 5.74) is 1.28. The number of amides is 1. The summed E-state index contributed by atoms with van der Waals surface area (Å²) in [5, 5.41) is 11.2. The topological polar surface area (TPSA) is 92.2 Å². The molecular weight excluding hydrogens is 434 g/mol. The van der Waals surface area contributed by atoms with Crippen molar-refractivity contribution in [1.29, 1.82) is 0 Å². The molecule has 0 aliphatic carbocycles. The Morgan fingerprint density at radius 3 is 2.41 bits per heavy atom. The highest BCUT2D eigenvalue weighted by Gasteiger charge is 2.46. The number of Topliss-reactive ketones (excluding diaryl/α,β-unsaturated/α-hetero) is 1. The molecule has 2 aliphatic heterocycles. The van der Waals surface area contributed by atoms with Crippen LogP contribution in [0.25, 0.3) is 5.76 Å². The van der Waals surface area contributed by atoms with Gasteiger partial charge in [-0.3, -0.25) is 19.5 Å². The third kappa shape index (κ3) is 5.29. The number of pyridine rings is 1. The summed E-state index contributed by atoms with van der Waals surface area (Å²) in [5.74, 6) is -0.400. The van der Waals surface area contributed by atoms with Crippen molar-refractivity contribution in [3.8, 4) is 5.75 Å². The van der Waals surface area contributed by atoms with E-state index in [1.165, 1.54) is 0 Å². The van der Waals surface area contributed by atoms with Crippen molar-refractivity contribution in [3.05, 3.63) is 65.5 Å². The summed E-state index contributed by atoms with van der Waals surface area (Å²) in [4.78, 5) is 34.0. The number of likely N-dealkylation sites (tertiary alicyclic amines) is 1. The van der Waals surface area contributed by atoms with E-state index in [4.69, 9.17) is 9.47 Å². The van der Waals surface area contributed by atoms with Gasteiger partial charge >= 0.3 is 0 Å². The quantitative estimate of drug-likeness (QED) is 0.364. The van der Waals surface area contributed by atoms with Gasteiger partial charge in [-0.1, -0.05) is 13.8 Å². The molecule has 2 fully saturated rings. The second kappa shape index (κ2) is 10.8. The number of aliphatic hydroxyl groups excluding tert-OH is 1. The number of rotatable bonds is 8. The molecule has 4 rings (SSSR count). The molecule has 0 unspecified atom stereocenters. The minimum atomic E-state index is -0.680. The van der Waals surface area contributed by atoms with Gasteiger partial charge in [-0.15, -0.1) is 0 Å². The standard InChI is InChI=1S/C26H31N3O5/c1-18(2)17-34-21-5-3-20(4-6-21)24(30)22-23(19-7-9-27-10-8-19)29(26(32)25(22)31)12-11-28-13-15-33-16-14-28/h3-10,18,23,30H,11-17H2,1-2H3/t23-/m0/s1. The van der Waals surface area contributed by atoms with Crippen molar-refractivity contribution in [3.63, 3.8) is 0 Å². The molecule has 0 radical (unpaired) electrons. The van der Waals surface area contributed by atoms with E-state index in [1.54, 1.807) is 53.7 Å². The van der Waals surface area contributed by atoms with E-state index in [-0.39, 0.29) is 11.3 Å². The van der Waals surface area contributed by atoms with Crippen LogP contribution in [0.1, 0.15) is 31.0 Å². The second-order valence-corrected chi connectivity index (χ2v) is 8.96. The Morgan fingerprint density at radius 2 is 1.76 bits per heavy atom. The molecule has 1 amide bonds. The highest BCUT2D eigenvalue weighted by atomic mass is 16.5. The lowest BCUT2D eigenvalue weighted by atomic mass is 9.96. The predicted octanol–water partition coefficient (Wildman–Crippen LogP) is 2.87. The Hall–Kier alpha value is -3.23. The SMILES string of the molecule is CC(C)COc1ccc(C(O)=C2C(=O)C(=O)N(CCN3CCOCC3)[C@H]2c2ccncc2)cc1. The molecule has 0 bridgehead atoms. The number of ether oxygens (including phenoxy) is 2. The number of carbonyl (C=O) groups is 2. The summed E-state index contributed by atoms with van der Waals surface area (Å²) >= 11 is 0. The van der Waals surface area contributed by atoms with E-state index in [1.807, 2.05) is 0 Å². The molecule has 180 valence electrons. The van der Waals surface area contributed by atoms with Gasteiger partial charge in [0.15, 0.2) is 0 Å². The highest BCUT2D eigenvalue weighted by molar-refractivity contribution is 6.46. The molecule has 1 atom stereocenters. The van der Waals surface area contributed by atoms with Crippen LogP contribution in [0.4, 0.5) is 0 Å². The third-order valence-electron chi connectivity index (χ3n) is 6.03. The Balaban J connectivity index is 1.64. The van der Waals surface area contributed by atoms with Crippen LogP contribution in [0, 0.1) is 5.92 Å². The maximum atomic E-state index is 13.1. The second-order valence-electron chi connectivity index (χ2n) is 8.96. The zero-order valence-electron chi connectivity index (χ0n) is 19.6. The van der Waals surface area contributed by atoms with Gasteiger partial charge in [0.2, 0.25) is 0 Å². The van der Waals surface area contributed by atoms with Crippen molar-refractivity contribution in [2.75, 3.05) is 46.0 Å². The van der Waals surface area contributed by atoms with Crippen LogP contribution in [-0.2, 0) is 14.3 Å². The van der Waals surface area contributed by atoms with E-state index in [9.17, 15) is 14.7 Å². The van der Waals surface area contributed by atoms with Crippen LogP contribution in [0.2, 0.25) is 0 Å². The van der Waals surface area contributed by atoms with Gasteiger partial charge in [0.1, 0.15) is 11.5 Å². The molecule has 3 heterocycles. The zero-order valence-corrected chi connectivity index (χ0v) is 19.6. The van der Waals surface area contributed by atoms with Crippen molar-refractivity contribution >= 4 is 17.4 Å². The first-order valence-corrected chi connectivity index (χ1v) is 11.7. The molecule has 2 saturated heterocycles. The molecule has 1 aromatic carbocycles. The smallest absolute Gasteiger partial charge is 0.295 e. The van der Waals surface area contributed by atoms with Crippen LogP contribution in [0.3, 0.4) is 0 Å². The number of ketones is 1. The lowest BCUT2D eigenvalue weighted by molar-refractivity contribution is -0.140. The monoisotopic (exact) mass is 465 g/mol. The van der Waals surface area contributed by atoms with Gasteiger partial charge in [0, 0.05) is 44.1 Å².